The van der Waals surface area contributed by atoms with E-state index in [2.05, 4.69) is 58.9 Å². The average Bonchev–Trinajstić information content (AvgIpc) is 2.49. The Balaban J connectivity index is 2.61. The average molecular weight is 353 g/mol. The molecule has 0 aliphatic rings. The number of hydrogen-bond acceptors (Lipinski definition) is 3. The Kier molecular flexibility index (Phi) is 8.44. The fourth-order valence-corrected chi connectivity index (χ4v) is 2.57. The summed E-state index contributed by atoms with van der Waals surface area (Å²) in [6.45, 7) is 10.9. The number of nitrogens with one attached hydrogen (secondary N) is 1. The van der Waals surface area contributed by atoms with E-state index in [0.29, 0.717) is 12.6 Å². The van der Waals surface area contributed by atoms with Crippen molar-refractivity contribution in [2.45, 2.75) is 33.4 Å². The van der Waals surface area contributed by atoms with Crippen LogP contribution < -0.4 is 10.1 Å². The van der Waals surface area contributed by atoms with E-state index in [1.165, 1.54) is 0 Å². The summed E-state index contributed by atoms with van der Waals surface area (Å²) in [4.78, 5) is 2.41. The highest BCUT2D eigenvalue weighted by molar-refractivity contribution is 9.10. The topological polar surface area (TPSA) is 24.5 Å². The molecule has 4 heteroatoms. The minimum atomic E-state index is 0.295. The van der Waals surface area contributed by atoms with Gasteiger partial charge in [0.15, 0.2) is 0 Å². The van der Waals surface area contributed by atoms with Gasteiger partial charge in [-0.2, -0.15) is 0 Å². The van der Waals surface area contributed by atoms with E-state index in [9.17, 15) is 0 Å². The van der Waals surface area contributed by atoms with Gasteiger partial charge < -0.3 is 15.0 Å². The smallest absolute Gasteiger partial charge is 0.148 e. The van der Waals surface area contributed by atoms with Crippen molar-refractivity contribution < 1.29 is 4.74 Å². The van der Waals surface area contributed by atoms with Crippen molar-refractivity contribution in [3.63, 3.8) is 0 Å². The summed E-state index contributed by atoms with van der Waals surface area (Å²) in [5.74, 6) is 3.35. The summed E-state index contributed by atoms with van der Waals surface area (Å²) < 4.78 is 6.63. The molecular formula is C17H25BrN2O. The van der Waals surface area contributed by atoms with Crippen LogP contribution in [0.1, 0.15) is 26.3 Å². The Labute approximate surface area is 137 Å². The van der Waals surface area contributed by atoms with Crippen LogP contribution in [-0.4, -0.2) is 37.2 Å². The molecule has 1 atom stereocenters. The van der Waals surface area contributed by atoms with Gasteiger partial charge in [-0.25, -0.2) is 0 Å². The zero-order valence-corrected chi connectivity index (χ0v) is 14.7. The lowest BCUT2D eigenvalue weighted by Crippen LogP contribution is -2.38. The molecule has 1 aromatic rings. The van der Waals surface area contributed by atoms with Crippen LogP contribution in [0.15, 0.2) is 22.7 Å². The Morgan fingerprint density at radius 3 is 2.71 bits per heavy atom. The molecule has 0 aliphatic heterocycles. The van der Waals surface area contributed by atoms with E-state index in [4.69, 9.17) is 11.2 Å². The molecule has 1 unspecified atom stereocenters. The second-order valence-electron chi connectivity index (χ2n) is 5.01. The number of nitrogens with zero attached hydrogens (tertiary/aromatic N) is 1. The van der Waals surface area contributed by atoms with Gasteiger partial charge in [-0.3, -0.25) is 0 Å². The third kappa shape index (κ3) is 6.52. The lowest BCUT2D eigenvalue weighted by molar-refractivity contribution is 0.270. The minimum Gasteiger partial charge on any atom is -0.481 e. The summed E-state index contributed by atoms with van der Waals surface area (Å²) in [6, 6.07) is 6.41. The summed E-state index contributed by atoms with van der Waals surface area (Å²) >= 11 is 3.50. The molecule has 0 aliphatic carbocycles. The molecule has 0 radical (unpaired) electrons. The lowest BCUT2D eigenvalue weighted by atomic mass is 10.2. The molecule has 116 valence electrons. The van der Waals surface area contributed by atoms with Crippen molar-refractivity contribution >= 4 is 15.9 Å². The van der Waals surface area contributed by atoms with Gasteiger partial charge in [0.1, 0.15) is 12.4 Å². The van der Waals surface area contributed by atoms with Crippen molar-refractivity contribution in [3.8, 4) is 18.1 Å². The summed E-state index contributed by atoms with van der Waals surface area (Å²) in [7, 11) is 0. The van der Waals surface area contributed by atoms with Gasteiger partial charge in [0.25, 0.3) is 0 Å². The van der Waals surface area contributed by atoms with Gasteiger partial charge in [-0.1, -0.05) is 35.7 Å². The normalized spacial score (nSPS) is 12.2. The largest absolute Gasteiger partial charge is 0.481 e. The maximum atomic E-state index is 5.59. The van der Waals surface area contributed by atoms with E-state index in [-0.39, 0.29) is 0 Å². The molecule has 1 aromatic carbocycles. The van der Waals surface area contributed by atoms with Crippen LogP contribution in [0.4, 0.5) is 0 Å². The molecule has 0 fully saturated rings. The first-order valence-electron chi connectivity index (χ1n) is 7.41. The molecule has 0 aromatic heterocycles. The SMILES string of the molecule is C#CCOc1ccc(Br)cc1CNC(C)CN(CC)CC. The molecule has 21 heavy (non-hydrogen) atoms. The first kappa shape index (κ1) is 18.0. The molecule has 0 spiro atoms. The third-order valence-electron chi connectivity index (χ3n) is 3.40. The van der Waals surface area contributed by atoms with Crippen LogP contribution in [0.3, 0.4) is 0 Å². The van der Waals surface area contributed by atoms with Crippen molar-refractivity contribution in [2.24, 2.45) is 0 Å². The van der Waals surface area contributed by atoms with Crippen LogP contribution in [-0.2, 0) is 6.54 Å². The Morgan fingerprint density at radius 2 is 2.10 bits per heavy atom. The fourth-order valence-electron chi connectivity index (χ4n) is 2.16. The number of halogens is 1. The van der Waals surface area contributed by atoms with Gasteiger partial charge in [0.2, 0.25) is 0 Å². The highest BCUT2D eigenvalue weighted by Gasteiger charge is 2.09. The van der Waals surface area contributed by atoms with Gasteiger partial charge in [0.05, 0.1) is 0 Å². The van der Waals surface area contributed by atoms with E-state index in [1.807, 2.05) is 12.1 Å². The maximum Gasteiger partial charge on any atom is 0.148 e. The number of rotatable bonds is 9. The Hall–Kier alpha value is -1.02. The molecule has 0 saturated heterocycles. The van der Waals surface area contributed by atoms with Gasteiger partial charge in [0, 0.05) is 29.2 Å². The predicted octanol–water partition coefficient (Wildman–Crippen LogP) is 3.28. The van der Waals surface area contributed by atoms with Crippen molar-refractivity contribution in [1.82, 2.24) is 10.2 Å². The number of hydrogen-bond donors (Lipinski definition) is 1. The van der Waals surface area contributed by atoms with Crippen molar-refractivity contribution in [1.29, 1.82) is 0 Å². The molecule has 0 amide bonds. The first-order valence-corrected chi connectivity index (χ1v) is 8.20. The number of terminal acetylenes is 1. The fraction of sp³-hybridized carbons (Fsp3) is 0.529. The lowest BCUT2D eigenvalue weighted by Gasteiger charge is -2.23. The quantitative estimate of drug-likeness (QED) is 0.690. The number of likely N-dealkylation sites (N-methyl/N-ethyl adjacent to an activating group) is 1. The summed E-state index contributed by atoms with van der Waals surface area (Å²) in [6.07, 6.45) is 5.26. The first-order chi connectivity index (χ1) is 10.1. The van der Waals surface area contributed by atoms with E-state index >= 15 is 0 Å². The molecule has 1 rings (SSSR count). The van der Waals surface area contributed by atoms with Crippen LogP contribution in [0, 0.1) is 12.3 Å². The van der Waals surface area contributed by atoms with E-state index < -0.39 is 0 Å². The molecule has 1 N–H and O–H groups in total. The van der Waals surface area contributed by atoms with Crippen LogP contribution >= 0.6 is 15.9 Å². The minimum absolute atomic E-state index is 0.295. The second-order valence-corrected chi connectivity index (χ2v) is 5.93. The molecule has 0 saturated carbocycles. The van der Waals surface area contributed by atoms with Crippen molar-refractivity contribution in [2.75, 3.05) is 26.2 Å². The van der Waals surface area contributed by atoms with Crippen LogP contribution in [0.25, 0.3) is 0 Å². The molecular weight excluding hydrogens is 328 g/mol. The monoisotopic (exact) mass is 352 g/mol. The molecule has 3 nitrogen and oxygen atoms in total. The van der Waals surface area contributed by atoms with Gasteiger partial charge >= 0.3 is 0 Å². The summed E-state index contributed by atoms with van der Waals surface area (Å²) in [5, 5.41) is 3.55. The second kappa shape index (κ2) is 9.83. The molecule has 0 heterocycles. The van der Waals surface area contributed by atoms with Gasteiger partial charge in [-0.05, 0) is 38.2 Å². The number of benzene rings is 1. The predicted molar refractivity (Wildman–Crippen MR) is 92.6 cm³/mol. The maximum absolute atomic E-state index is 5.59. The van der Waals surface area contributed by atoms with Crippen molar-refractivity contribution in [3.05, 3.63) is 28.2 Å². The van der Waals surface area contributed by atoms with E-state index in [1.54, 1.807) is 0 Å². The zero-order valence-electron chi connectivity index (χ0n) is 13.2. The zero-order chi connectivity index (χ0) is 15.7. The summed E-state index contributed by atoms with van der Waals surface area (Å²) in [5.41, 5.74) is 1.12. The van der Waals surface area contributed by atoms with Crippen LogP contribution in [0.5, 0.6) is 5.75 Å². The Morgan fingerprint density at radius 1 is 1.38 bits per heavy atom. The van der Waals surface area contributed by atoms with Gasteiger partial charge in [-0.15, -0.1) is 6.42 Å². The molecule has 0 bridgehead atoms. The standard InChI is InChI=1S/C17H25BrN2O/c1-5-10-21-17-9-8-16(18)11-15(17)12-19-14(4)13-20(6-2)7-3/h1,8-9,11,14,19H,6-7,10,12-13H2,2-4H3. The highest BCUT2D eigenvalue weighted by Crippen LogP contribution is 2.23. The highest BCUT2D eigenvalue weighted by atomic mass is 79.9. The van der Waals surface area contributed by atoms with E-state index in [0.717, 1.165) is 42.0 Å². The number of ether oxygens (including phenoxy) is 1. The Bertz CT molecular complexity index is 466. The third-order valence-corrected chi connectivity index (χ3v) is 3.89. The van der Waals surface area contributed by atoms with Crippen LogP contribution in [0.2, 0.25) is 0 Å².